The van der Waals surface area contributed by atoms with E-state index in [9.17, 15) is 0 Å². The molecule has 0 aromatic heterocycles. The van der Waals surface area contributed by atoms with E-state index in [1.54, 1.807) is 0 Å². The molecule has 0 unspecified atom stereocenters. The van der Waals surface area contributed by atoms with Crippen LogP contribution in [0.15, 0.2) is 36.4 Å². The summed E-state index contributed by atoms with van der Waals surface area (Å²) in [4.78, 5) is 0. The maximum Gasteiger partial charge on any atom is -0.0623 e. The van der Waals surface area contributed by atoms with Crippen molar-refractivity contribution in [2.45, 2.75) is 27.7 Å². The van der Waals surface area contributed by atoms with Crippen molar-refractivity contribution >= 4 is 0 Å². The fourth-order valence-electron chi connectivity index (χ4n) is 0.385. The van der Waals surface area contributed by atoms with E-state index >= 15 is 0 Å². The summed E-state index contributed by atoms with van der Waals surface area (Å²) in [5.74, 6) is 0. The van der Waals surface area contributed by atoms with Crippen molar-refractivity contribution in [2.75, 3.05) is 0 Å². The predicted octanol–water partition coefficient (Wildman–Crippen LogP) is 3.56. The maximum absolute atomic E-state index is 2.00. The minimum Gasteiger partial charge on any atom is -0.255 e. The van der Waals surface area contributed by atoms with E-state index in [0.29, 0.717) is 0 Å². The van der Waals surface area contributed by atoms with Crippen LogP contribution in [0.4, 0.5) is 0 Å². The Morgan fingerprint density at radius 3 is 0.636 bits per heavy atom. The van der Waals surface area contributed by atoms with E-state index in [1.165, 1.54) is 0 Å². The smallest absolute Gasteiger partial charge is 0.0623 e. The highest BCUT2D eigenvalue weighted by Gasteiger charge is 1.57. The molecule has 0 saturated heterocycles. The third-order valence-electron chi connectivity index (χ3n) is 0.667. The molecule has 1 nitrogen and oxygen atoms in total. The highest BCUT2D eigenvalue weighted by molar-refractivity contribution is 4.99. The minimum atomic E-state index is 0. The van der Waals surface area contributed by atoms with E-state index < -0.39 is 0 Å². The SMILES string of the molecule is CC.CC.[OH].c1ccccc1. The van der Waals surface area contributed by atoms with Crippen molar-refractivity contribution in [3.63, 3.8) is 0 Å². The minimum absolute atomic E-state index is 0. The second-order valence-electron chi connectivity index (χ2n) is 1.15. The molecule has 1 heteroatoms. The van der Waals surface area contributed by atoms with Crippen molar-refractivity contribution < 1.29 is 5.48 Å². The Labute approximate surface area is 70.4 Å². The fourth-order valence-corrected chi connectivity index (χ4v) is 0.385. The first-order valence-electron chi connectivity index (χ1n) is 4.00. The van der Waals surface area contributed by atoms with Crippen LogP contribution in [0.25, 0.3) is 0 Å². The van der Waals surface area contributed by atoms with Crippen LogP contribution in [-0.4, -0.2) is 5.48 Å². The van der Waals surface area contributed by atoms with Crippen LogP contribution in [0.3, 0.4) is 0 Å². The van der Waals surface area contributed by atoms with Gasteiger partial charge in [-0.05, 0) is 0 Å². The van der Waals surface area contributed by atoms with Crippen LogP contribution in [-0.2, 0) is 0 Å². The van der Waals surface area contributed by atoms with Crippen LogP contribution in [0, 0.1) is 0 Å². The molecule has 0 atom stereocenters. The Bertz CT molecular complexity index is 76.8. The molecule has 0 aliphatic rings. The summed E-state index contributed by atoms with van der Waals surface area (Å²) in [6.07, 6.45) is 0. The monoisotopic (exact) mass is 155 g/mol. The molecule has 65 valence electrons. The van der Waals surface area contributed by atoms with Gasteiger partial charge in [0.05, 0.1) is 0 Å². The highest BCUT2D eigenvalue weighted by Crippen LogP contribution is 1.79. The first kappa shape index (κ1) is 16.6. The Morgan fingerprint density at radius 2 is 0.545 bits per heavy atom. The lowest BCUT2D eigenvalue weighted by molar-refractivity contribution is 0.824. The van der Waals surface area contributed by atoms with E-state index in [0.717, 1.165) is 0 Å². The number of benzene rings is 1. The van der Waals surface area contributed by atoms with E-state index in [4.69, 9.17) is 0 Å². The summed E-state index contributed by atoms with van der Waals surface area (Å²) in [5, 5.41) is 0. The van der Waals surface area contributed by atoms with Crippen LogP contribution >= 0.6 is 0 Å². The molecule has 11 heavy (non-hydrogen) atoms. The zero-order valence-corrected chi connectivity index (χ0v) is 7.91. The van der Waals surface area contributed by atoms with Gasteiger partial charge in [-0.1, -0.05) is 64.1 Å². The van der Waals surface area contributed by atoms with Gasteiger partial charge >= 0.3 is 0 Å². The summed E-state index contributed by atoms with van der Waals surface area (Å²) >= 11 is 0. The van der Waals surface area contributed by atoms with Crippen molar-refractivity contribution in [1.29, 1.82) is 0 Å². The molecule has 0 aliphatic carbocycles. The second-order valence-corrected chi connectivity index (χ2v) is 1.15. The van der Waals surface area contributed by atoms with E-state index in [2.05, 4.69) is 0 Å². The van der Waals surface area contributed by atoms with Gasteiger partial charge in [-0.15, -0.1) is 0 Å². The second kappa shape index (κ2) is 22.9. The average Bonchev–Trinajstić information content (AvgIpc) is 2.14. The maximum atomic E-state index is 2.00. The summed E-state index contributed by atoms with van der Waals surface area (Å²) in [6, 6.07) is 12.0. The molecule has 1 N–H and O–H groups in total. The Balaban J connectivity index is -0.000000114. The zero-order valence-electron chi connectivity index (χ0n) is 7.91. The molecule has 0 aliphatic heterocycles. The zero-order chi connectivity index (χ0) is 8.24. The molecule has 0 saturated carbocycles. The van der Waals surface area contributed by atoms with Gasteiger partial charge < -0.3 is 0 Å². The molecule has 1 aromatic rings. The van der Waals surface area contributed by atoms with Gasteiger partial charge in [-0.25, -0.2) is 0 Å². The molecule has 0 fully saturated rings. The topological polar surface area (TPSA) is 30.0 Å². The largest absolute Gasteiger partial charge is 0.255 e. The van der Waals surface area contributed by atoms with E-state index in [-0.39, 0.29) is 5.48 Å². The number of hydrogen-bond donors (Lipinski definition) is 1. The van der Waals surface area contributed by atoms with Crippen LogP contribution in [0.5, 0.6) is 0 Å². The number of hydrogen-bond acceptors (Lipinski definition) is 0. The summed E-state index contributed by atoms with van der Waals surface area (Å²) in [6.45, 7) is 8.00. The van der Waals surface area contributed by atoms with E-state index in [1.807, 2.05) is 64.1 Å². The fraction of sp³-hybridized carbons (Fsp3) is 0.400. The standard InChI is InChI=1S/C6H6.2C2H6.HO/c1-2-4-6-5-3-1;2*1-2;/h1-6H;2*1-2H3;1H. The summed E-state index contributed by atoms with van der Waals surface area (Å²) < 4.78 is 0. The van der Waals surface area contributed by atoms with Crippen LogP contribution < -0.4 is 0 Å². The normalized spacial score (nSPS) is 5.45. The molecule has 0 amide bonds. The third kappa shape index (κ3) is 17.6. The van der Waals surface area contributed by atoms with Gasteiger partial charge in [-0.3, -0.25) is 5.48 Å². The van der Waals surface area contributed by atoms with Crippen LogP contribution in [0.1, 0.15) is 27.7 Å². The third-order valence-corrected chi connectivity index (χ3v) is 0.667. The first-order chi connectivity index (χ1) is 5.00. The molecular formula is C10H19O. The molecular weight excluding hydrogens is 136 g/mol. The molecule has 1 rings (SSSR count). The molecule has 0 spiro atoms. The molecule has 0 heterocycles. The lowest BCUT2D eigenvalue weighted by Crippen LogP contribution is -1.47. The average molecular weight is 155 g/mol. The van der Waals surface area contributed by atoms with Crippen molar-refractivity contribution in [3.05, 3.63) is 36.4 Å². The van der Waals surface area contributed by atoms with Crippen molar-refractivity contribution in [2.24, 2.45) is 0 Å². The predicted molar refractivity (Wildman–Crippen MR) is 51.1 cm³/mol. The summed E-state index contributed by atoms with van der Waals surface area (Å²) in [5.41, 5.74) is 0. The summed E-state index contributed by atoms with van der Waals surface area (Å²) in [7, 11) is 0. The van der Waals surface area contributed by atoms with Gasteiger partial charge in [0.1, 0.15) is 0 Å². The molecule has 1 aromatic carbocycles. The van der Waals surface area contributed by atoms with Crippen molar-refractivity contribution in [1.82, 2.24) is 0 Å². The highest BCUT2D eigenvalue weighted by atomic mass is 16.0. The van der Waals surface area contributed by atoms with Gasteiger partial charge in [-0.2, -0.15) is 0 Å². The first-order valence-corrected chi connectivity index (χ1v) is 4.00. The Hall–Kier alpha value is -0.820. The van der Waals surface area contributed by atoms with Gasteiger partial charge in [0, 0.05) is 0 Å². The number of rotatable bonds is 0. The lowest BCUT2D eigenvalue weighted by Gasteiger charge is -1.69. The van der Waals surface area contributed by atoms with Crippen LogP contribution in [0.2, 0.25) is 0 Å². The van der Waals surface area contributed by atoms with Gasteiger partial charge in [0.15, 0.2) is 0 Å². The van der Waals surface area contributed by atoms with Gasteiger partial charge in [0.2, 0.25) is 0 Å². The lowest BCUT2D eigenvalue weighted by atomic mass is 10.4. The Morgan fingerprint density at radius 1 is 0.455 bits per heavy atom. The van der Waals surface area contributed by atoms with Crippen molar-refractivity contribution in [3.8, 4) is 0 Å². The molecule has 0 bridgehead atoms. The quantitative estimate of drug-likeness (QED) is 0.593. The van der Waals surface area contributed by atoms with Gasteiger partial charge in [0.25, 0.3) is 0 Å². The molecule has 1 radical (unpaired) electrons. The Kier molecular flexibility index (Phi) is 34.6.